The van der Waals surface area contributed by atoms with E-state index < -0.39 is 17.4 Å². The minimum atomic E-state index is -4.44. The van der Waals surface area contributed by atoms with Gasteiger partial charge in [-0.3, -0.25) is 0 Å². The summed E-state index contributed by atoms with van der Waals surface area (Å²) < 4.78 is 36.8. The van der Waals surface area contributed by atoms with Crippen LogP contribution in [0, 0.1) is 24.7 Å². The molecule has 2 saturated heterocycles. The zero-order valence-corrected chi connectivity index (χ0v) is 27.0. The van der Waals surface area contributed by atoms with Gasteiger partial charge in [-0.25, -0.2) is 0 Å². The summed E-state index contributed by atoms with van der Waals surface area (Å²) in [5.74, 6) is 3.25. The maximum absolute atomic E-state index is 12.3. The summed E-state index contributed by atoms with van der Waals surface area (Å²) >= 11 is 5.50. The van der Waals surface area contributed by atoms with Gasteiger partial charge >= 0.3 is 6.18 Å². The van der Waals surface area contributed by atoms with Crippen LogP contribution in [0.3, 0.4) is 0 Å². The molecule has 0 spiro atoms. The highest BCUT2D eigenvalue weighted by Gasteiger charge is 2.33. The number of aryl methyl sites for hydroxylation is 1. The van der Waals surface area contributed by atoms with E-state index >= 15 is 0 Å². The average molecular weight is 592 g/mol. The number of halogens is 4. The van der Waals surface area contributed by atoms with Crippen LogP contribution < -0.4 is 11.1 Å². The van der Waals surface area contributed by atoms with Gasteiger partial charge in [0.25, 0.3) is 0 Å². The number of hydrogen-bond donors (Lipinski definition) is 2. The number of hydrogen-bond acceptors (Lipinski definition) is 4. The molecule has 8 heteroatoms. The predicted molar refractivity (Wildman–Crippen MR) is 166 cm³/mol. The third-order valence-electron chi connectivity index (χ3n) is 7.69. The van der Waals surface area contributed by atoms with Crippen molar-refractivity contribution in [2.75, 3.05) is 39.0 Å². The number of anilines is 1. The van der Waals surface area contributed by atoms with Crippen molar-refractivity contribution in [1.82, 2.24) is 10.2 Å². The van der Waals surface area contributed by atoms with E-state index in [1.807, 2.05) is 6.92 Å². The Kier molecular flexibility index (Phi) is 20.7. The number of ketones is 1. The zero-order chi connectivity index (χ0) is 30.7. The molecule has 2 aliphatic heterocycles. The third kappa shape index (κ3) is 18.9. The first-order valence-electron chi connectivity index (χ1n) is 15.2. The van der Waals surface area contributed by atoms with Gasteiger partial charge in [-0.2, -0.15) is 13.2 Å². The molecule has 0 amide bonds. The van der Waals surface area contributed by atoms with E-state index in [1.54, 1.807) is 6.92 Å². The van der Waals surface area contributed by atoms with Crippen molar-refractivity contribution in [3.8, 4) is 0 Å². The Hall–Kier alpha value is -1.31. The summed E-state index contributed by atoms with van der Waals surface area (Å²) in [7, 11) is 2.20. The van der Waals surface area contributed by atoms with Crippen molar-refractivity contribution >= 4 is 23.1 Å². The Morgan fingerprint density at radius 3 is 1.90 bits per heavy atom. The number of nitrogens with zero attached hydrogens (tertiary/aromatic N) is 1. The molecular weight excluding hydrogens is 535 g/mol. The van der Waals surface area contributed by atoms with Gasteiger partial charge in [-0.15, -0.1) is 0 Å². The Bertz CT molecular complexity index is 789. The van der Waals surface area contributed by atoms with E-state index in [1.165, 1.54) is 97.0 Å². The number of rotatable bonds is 2. The second-order valence-electron chi connectivity index (χ2n) is 11.8. The van der Waals surface area contributed by atoms with Gasteiger partial charge in [0.1, 0.15) is 5.78 Å². The number of carbonyl (C=O) groups is 1. The summed E-state index contributed by atoms with van der Waals surface area (Å²) in [4.78, 5) is 12.2. The normalized spacial score (nSPS) is 19.9. The molecular formula is C32H57ClF3N3O. The van der Waals surface area contributed by atoms with Crippen LogP contribution in [0.25, 0.3) is 0 Å². The molecule has 0 radical (unpaired) electrons. The first kappa shape index (κ1) is 38.7. The maximum Gasteiger partial charge on any atom is 0.418 e. The van der Waals surface area contributed by atoms with E-state index in [0.29, 0.717) is 12.0 Å². The molecule has 1 aromatic carbocycles. The standard InChI is InChI=1S/C8H7ClF3N.C8H16.C7H15N.C5H11N.C4H8O/c1-4-2-5(8(10,11)12)7(13)6(9)3-4;1-2-8-6-4-3-5-7-8;1-7-3-5-8(2)6-4-7;1-5-2-3-6-4-5;1-3-4(2)5/h2-3H,13H2,1H3;8H,2-7H2,1H3;7H,3-6H2,1-2H3;5-6H,2-4H2,1H3;3H2,1-2H3. The smallest absolute Gasteiger partial charge is 0.397 e. The Morgan fingerprint density at radius 2 is 1.57 bits per heavy atom. The van der Waals surface area contributed by atoms with Crippen LogP contribution >= 0.6 is 11.6 Å². The maximum atomic E-state index is 12.3. The second-order valence-corrected chi connectivity index (χ2v) is 12.2. The first-order valence-corrected chi connectivity index (χ1v) is 15.6. The van der Waals surface area contributed by atoms with Crippen LogP contribution in [0.5, 0.6) is 0 Å². The van der Waals surface area contributed by atoms with E-state index in [-0.39, 0.29) is 10.8 Å². The molecule has 4 nitrogen and oxygen atoms in total. The van der Waals surface area contributed by atoms with Gasteiger partial charge in [0.05, 0.1) is 16.3 Å². The van der Waals surface area contributed by atoms with E-state index in [0.717, 1.165) is 23.8 Å². The fourth-order valence-electron chi connectivity index (χ4n) is 4.52. The van der Waals surface area contributed by atoms with Gasteiger partial charge in [0, 0.05) is 6.42 Å². The molecule has 1 saturated carbocycles. The van der Waals surface area contributed by atoms with Gasteiger partial charge < -0.3 is 20.7 Å². The lowest BCUT2D eigenvalue weighted by Gasteiger charge is -2.26. The van der Waals surface area contributed by atoms with Gasteiger partial charge in [-0.05, 0) is 102 Å². The Labute approximate surface area is 248 Å². The van der Waals surface area contributed by atoms with E-state index in [2.05, 4.69) is 38.0 Å². The zero-order valence-electron chi connectivity index (χ0n) is 26.2. The van der Waals surface area contributed by atoms with Crippen molar-refractivity contribution in [3.63, 3.8) is 0 Å². The predicted octanol–water partition coefficient (Wildman–Crippen LogP) is 9.18. The van der Waals surface area contributed by atoms with Crippen LogP contribution in [-0.2, 0) is 11.0 Å². The molecule has 1 unspecified atom stereocenters. The highest BCUT2D eigenvalue weighted by Crippen LogP contribution is 2.37. The summed E-state index contributed by atoms with van der Waals surface area (Å²) in [5, 5.41) is 3.21. The fraction of sp³-hybridized carbons (Fsp3) is 0.781. The van der Waals surface area contributed by atoms with Crippen LogP contribution in [0.1, 0.15) is 110 Å². The molecule has 3 aliphatic rings. The lowest BCUT2D eigenvalue weighted by atomic mass is 9.88. The number of benzene rings is 1. The number of nitrogens with two attached hydrogens (primary N) is 1. The van der Waals surface area contributed by atoms with E-state index in [4.69, 9.17) is 17.3 Å². The molecule has 2 heterocycles. The molecule has 3 fully saturated rings. The molecule has 234 valence electrons. The molecule has 0 aromatic heterocycles. The fourth-order valence-corrected chi connectivity index (χ4v) is 4.79. The molecule has 40 heavy (non-hydrogen) atoms. The van der Waals surface area contributed by atoms with Crippen molar-refractivity contribution in [2.45, 2.75) is 112 Å². The van der Waals surface area contributed by atoms with Gasteiger partial charge in [0.15, 0.2) is 0 Å². The van der Waals surface area contributed by atoms with Crippen LogP contribution in [0.15, 0.2) is 12.1 Å². The number of carbonyl (C=O) groups excluding carboxylic acids is 1. The molecule has 3 N–H and O–H groups in total. The first-order chi connectivity index (χ1) is 18.7. The highest BCUT2D eigenvalue weighted by atomic mass is 35.5. The van der Waals surface area contributed by atoms with Crippen molar-refractivity contribution in [1.29, 1.82) is 0 Å². The lowest BCUT2D eigenvalue weighted by molar-refractivity contribution is -0.137. The minimum absolute atomic E-state index is 0.0627. The van der Waals surface area contributed by atoms with Crippen molar-refractivity contribution in [2.24, 2.45) is 17.8 Å². The highest BCUT2D eigenvalue weighted by molar-refractivity contribution is 6.33. The van der Waals surface area contributed by atoms with Gasteiger partial charge in [0.2, 0.25) is 0 Å². The minimum Gasteiger partial charge on any atom is -0.397 e. The van der Waals surface area contributed by atoms with Crippen molar-refractivity contribution < 1.29 is 18.0 Å². The molecule has 1 aromatic rings. The number of alkyl halides is 3. The summed E-state index contributed by atoms with van der Waals surface area (Å²) in [6.45, 7) is 17.0. The number of Topliss-reactive ketones (excluding diaryl/α,β-unsaturated/α-hetero) is 1. The molecule has 0 bridgehead atoms. The lowest BCUT2D eigenvalue weighted by Crippen LogP contribution is -2.28. The molecule has 4 rings (SSSR count). The summed E-state index contributed by atoms with van der Waals surface area (Å²) in [6, 6.07) is 2.37. The van der Waals surface area contributed by atoms with Crippen LogP contribution in [-0.4, -0.2) is 43.9 Å². The average Bonchev–Trinajstić information content (AvgIpc) is 3.40. The number of nitrogens with one attached hydrogen (secondary N) is 1. The topological polar surface area (TPSA) is 58.4 Å². The quantitative estimate of drug-likeness (QED) is 0.337. The second kappa shape index (κ2) is 21.4. The van der Waals surface area contributed by atoms with Gasteiger partial charge in [-0.1, -0.05) is 77.8 Å². The molecule has 1 atom stereocenters. The number of piperidine rings is 1. The molecule has 1 aliphatic carbocycles. The van der Waals surface area contributed by atoms with Crippen LogP contribution in [0.4, 0.5) is 18.9 Å². The SMILES string of the molecule is CC1CCN(C)CC1.CC1CCNC1.CCC(C)=O.CCC1CCCCC1.Cc1cc(Cl)c(N)c(C(F)(F)F)c1. The monoisotopic (exact) mass is 591 g/mol. The number of nitrogen functional groups attached to an aromatic ring is 1. The third-order valence-corrected chi connectivity index (χ3v) is 8.01. The van der Waals surface area contributed by atoms with Crippen molar-refractivity contribution in [3.05, 3.63) is 28.3 Å². The van der Waals surface area contributed by atoms with Crippen LogP contribution in [0.2, 0.25) is 5.02 Å². The Morgan fingerprint density at radius 1 is 1.02 bits per heavy atom. The largest absolute Gasteiger partial charge is 0.418 e. The Balaban J connectivity index is 0.000000496. The summed E-state index contributed by atoms with van der Waals surface area (Å²) in [6.07, 6.45) is 9.33. The summed E-state index contributed by atoms with van der Waals surface area (Å²) in [5.41, 5.74) is 4.33. The van der Waals surface area contributed by atoms with E-state index in [9.17, 15) is 18.0 Å². The number of likely N-dealkylation sites (tertiary alicyclic amines) is 1.